The molecule has 2 N–H and O–H groups in total. The number of nitrogens with zero attached hydrogens (tertiary/aromatic N) is 3. The van der Waals surface area contributed by atoms with Gasteiger partial charge in [-0.3, -0.25) is 0 Å². The number of benzene rings is 1. The van der Waals surface area contributed by atoms with E-state index in [1.807, 2.05) is 13.0 Å². The van der Waals surface area contributed by atoms with Gasteiger partial charge in [-0.15, -0.1) is 0 Å². The van der Waals surface area contributed by atoms with Crippen molar-refractivity contribution in [3.8, 4) is 6.07 Å². The standard InChI is InChI=1S/C17H18N4O2S/c1-3-5-14-13(9-18)15(19)21-17(20-14)24-10-11-6-4-7-12(8-11)16(22)23-2/h4,6-8H,3,5,10H2,1-2H3,(H2,19,20,21). The highest BCUT2D eigenvalue weighted by atomic mass is 32.2. The van der Waals surface area contributed by atoms with Crippen LogP contribution in [0.15, 0.2) is 29.4 Å². The van der Waals surface area contributed by atoms with Crippen LogP contribution in [0.25, 0.3) is 0 Å². The summed E-state index contributed by atoms with van der Waals surface area (Å²) in [4.78, 5) is 20.2. The average Bonchev–Trinajstić information content (AvgIpc) is 2.59. The zero-order valence-corrected chi connectivity index (χ0v) is 14.4. The van der Waals surface area contributed by atoms with E-state index in [2.05, 4.69) is 16.0 Å². The van der Waals surface area contributed by atoms with E-state index < -0.39 is 0 Å². The number of rotatable bonds is 6. The lowest BCUT2D eigenvalue weighted by atomic mass is 10.1. The van der Waals surface area contributed by atoms with Gasteiger partial charge in [-0.2, -0.15) is 5.26 Å². The molecule has 0 saturated carbocycles. The Morgan fingerprint density at radius 1 is 1.42 bits per heavy atom. The molecule has 0 aliphatic rings. The number of hydrogen-bond acceptors (Lipinski definition) is 7. The Balaban J connectivity index is 2.18. The second-order valence-electron chi connectivity index (χ2n) is 5.06. The van der Waals surface area contributed by atoms with E-state index in [0.717, 1.165) is 12.0 Å². The lowest BCUT2D eigenvalue weighted by Gasteiger charge is -2.08. The van der Waals surface area contributed by atoms with Crippen LogP contribution < -0.4 is 5.73 Å². The molecule has 24 heavy (non-hydrogen) atoms. The van der Waals surface area contributed by atoms with Gasteiger partial charge in [-0.05, 0) is 24.1 Å². The van der Waals surface area contributed by atoms with Crippen molar-refractivity contribution in [1.82, 2.24) is 9.97 Å². The average molecular weight is 342 g/mol. The molecule has 0 fully saturated rings. The van der Waals surface area contributed by atoms with E-state index in [9.17, 15) is 10.1 Å². The van der Waals surface area contributed by atoms with Crippen LogP contribution in [0.2, 0.25) is 0 Å². The Labute approximate surface area is 145 Å². The van der Waals surface area contributed by atoms with Gasteiger partial charge in [0.15, 0.2) is 5.16 Å². The van der Waals surface area contributed by atoms with Crippen LogP contribution in [0.3, 0.4) is 0 Å². The molecule has 0 radical (unpaired) electrons. The maximum atomic E-state index is 11.6. The number of anilines is 1. The fourth-order valence-corrected chi connectivity index (χ4v) is 2.97. The van der Waals surface area contributed by atoms with Crippen LogP contribution in [0, 0.1) is 11.3 Å². The summed E-state index contributed by atoms with van der Waals surface area (Å²) in [5, 5.41) is 9.70. The van der Waals surface area contributed by atoms with Crippen molar-refractivity contribution in [1.29, 1.82) is 5.26 Å². The molecule has 0 bridgehead atoms. The van der Waals surface area contributed by atoms with E-state index in [1.54, 1.807) is 18.2 Å². The third-order valence-electron chi connectivity index (χ3n) is 3.31. The molecule has 6 nitrogen and oxygen atoms in total. The molecular formula is C17H18N4O2S. The summed E-state index contributed by atoms with van der Waals surface area (Å²) in [6.45, 7) is 2.02. The highest BCUT2D eigenvalue weighted by Gasteiger charge is 2.12. The number of nitriles is 1. The number of hydrogen-bond donors (Lipinski definition) is 1. The number of esters is 1. The van der Waals surface area contributed by atoms with E-state index >= 15 is 0 Å². The van der Waals surface area contributed by atoms with E-state index in [0.29, 0.717) is 34.2 Å². The normalized spacial score (nSPS) is 10.2. The Kier molecular flexibility index (Phi) is 6.15. The van der Waals surface area contributed by atoms with Crippen molar-refractivity contribution >= 4 is 23.5 Å². The van der Waals surface area contributed by atoms with Crippen LogP contribution >= 0.6 is 11.8 Å². The molecule has 1 aromatic carbocycles. The fourth-order valence-electron chi connectivity index (χ4n) is 2.16. The van der Waals surface area contributed by atoms with Crippen molar-refractivity contribution in [2.24, 2.45) is 0 Å². The lowest BCUT2D eigenvalue weighted by Crippen LogP contribution is -2.05. The van der Waals surface area contributed by atoms with Crippen molar-refractivity contribution in [2.45, 2.75) is 30.7 Å². The number of aromatic nitrogens is 2. The minimum atomic E-state index is -0.369. The van der Waals surface area contributed by atoms with Crippen molar-refractivity contribution in [3.05, 3.63) is 46.6 Å². The van der Waals surface area contributed by atoms with Crippen LogP contribution in [0.5, 0.6) is 0 Å². The smallest absolute Gasteiger partial charge is 0.337 e. The molecule has 7 heteroatoms. The summed E-state index contributed by atoms with van der Waals surface area (Å²) in [5.41, 5.74) is 8.35. The first-order valence-corrected chi connectivity index (χ1v) is 8.44. The number of methoxy groups -OCH3 is 1. The summed E-state index contributed by atoms with van der Waals surface area (Å²) in [5.74, 6) is 0.426. The van der Waals surface area contributed by atoms with Gasteiger partial charge < -0.3 is 10.5 Å². The first-order valence-electron chi connectivity index (χ1n) is 7.45. The maximum absolute atomic E-state index is 11.6. The molecule has 0 spiro atoms. The number of thioether (sulfide) groups is 1. The first-order chi connectivity index (χ1) is 11.6. The van der Waals surface area contributed by atoms with Crippen molar-refractivity contribution < 1.29 is 9.53 Å². The summed E-state index contributed by atoms with van der Waals surface area (Å²) in [6.07, 6.45) is 1.55. The van der Waals surface area contributed by atoms with Gasteiger partial charge in [0.05, 0.1) is 18.4 Å². The third kappa shape index (κ3) is 4.24. The van der Waals surface area contributed by atoms with E-state index in [4.69, 9.17) is 10.5 Å². The maximum Gasteiger partial charge on any atom is 0.337 e. The molecular weight excluding hydrogens is 324 g/mol. The predicted octanol–water partition coefficient (Wildman–Crippen LogP) is 2.96. The van der Waals surface area contributed by atoms with Gasteiger partial charge in [0.2, 0.25) is 0 Å². The van der Waals surface area contributed by atoms with Crippen LogP contribution in [-0.4, -0.2) is 23.0 Å². The Bertz CT molecular complexity index is 787. The zero-order chi connectivity index (χ0) is 17.5. The monoisotopic (exact) mass is 342 g/mol. The quantitative estimate of drug-likeness (QED) is 0.489. The van der Waals surface area contributed by atoms with Gasteiger partial charge in [-0.1, -0.05) is 37.2 Å². The second-order valence-corrected chi connectivity index (χ2v) is 6.00. The SMILES string of the molecule is CCCc1nc(SCc2cccc(C(=O)OC)c2)nc(N)c1C#N. The Hall–Kier alpha value is -2.59. The number of nitrogens with two attached hydrogens (primary N) is 1. The Morgan fingerprint density at radius 3 is 2.88 bits per heavy atom. The fraction of sp³-hybridized carbons (Fsp3) is 0.294. The van der Waals surface area contributed by atoms with Gasteiger partial charge in [0.1, 0.15) is 17.5 Å². The van der Waals surface area contributed by atoms with Crippen molar-refractivity contribution in [3.63, 3.8) is 0 Å². The number of aryl methyl sites for hydroxylation is 1. The molecule has 0 atom stereocenters. The number of ether oxygens (including phenoxy) is 1. The molecule has 0 aliphatic carbocycles. The van der Waals surface area contributed by atoms with E-state index in [-0.39, 0.29) is 11.8 Å². The third-order valence-corrected chi connectivity index (χ3v) is 4.22. The zero-order valence-electron chi connectivity index (χ0n) is 13.6. The highest BCUT2D eigenvalue weighted by molar-refractivity contribution is 7.98. The number of carbonyl (C=O) groups excluding carboxylic acids is 1. The lowest BCUT2D eigenvalue weighted by molar-refractivity contribution is 0.0600. The molecule has 0 amide bonds. The summed E-state index contributed by atoms with van der Waals surface area (Å²) < 4.78 is 4.72. The first kappa shape index (κ1) is 17.8. The Morgan fingerprint density at radius 2 is 2.21 bits per heavy atom. The minimum absolute atomic E-state index is 0.210. The summed E-state index contributed by atoms with van der Waals surface area (Å²) >= 11 is 1.41. The van der Waals surface area contributed by atoms with Gasteiger partial charge >= 0.3 is 5.97 Å². The number of nitrogen functional groups attached to an aromatic ring is 1. The predicted molar refractivity (Wildman–Crippen MR) is 92.5 cm³/mol. The van der Waals surface area contributed by atoms with Crippen molar-refractivity contribution in [2.75, 3.05) is 12.8 Å². The van der Waals surface area contributed by atoms with Gasteiger partial charge in [0, 0.05) is 5.75 Å². The second kappa shape index (κ2) is 8.31. The number of carbonyl (C=O) groups is 1. The van der Waals surface area contributed by atoms with Gasteiger partial charge in [0.25, 0.3) is 0 Å². The highest BCUT2D eigenvalue weighted by Crippen LogP contribution is 2.24. The molecule has 1 aromatic heterocycles. The van der Waals surface area contributed by atoms with E-state index in [1.165, 1.54) is 18.9 Å². The molecule has 1 heterocycles. The van der Waals surface area contributed by atoms with Crippen LogP contribution in [0.4, 0.5) is 5.82 Å². The molecule has 0 unspecified atom stereocenters. The summed E-state index contributed by atoms with van der Waals surface area (Å²) in [7, 11) is 1.35. The molecule has 2 rings (SSSR count). The van der Waals surface area contributed by atoms with Crippen LogP contribution in [-0.2, 0) is 16.9 Å². The largest absolute Gasteiger partial charge is 0.465 e. The molecule has 2 aromatic rings. The molecule has 0 saturated heterocycles. The van der Waals surface area contributed by atoms with Crippen LogP contribution in [0.1, 0.15) is 40.5 Å². The molecule has 124 valence electrons. The summed E-state index contributed by atoms with van der Waals surface area (Å²) in [6, 6.07) is 9.27. The topological polar surface area (TPSA) is 102 Å². The minimum Gasteiger partial charge on any atom is -0.465 e. The molecule has 0 aliphatic heterocycles. The van der Waals surface area contributed by atoms with Gasteiger partial charge in [-0.25, -0.2) is 14.8 Å².